The van der Waals surface area contributed by atoms with E-state index in [0.29, 0.717) is 10.6 Å². The fourth-order valence-corrected chi connectivity index (χ4v) is 1.46. The topological polar surface area (TPSA) is 34.9 Å². The van der Waals surface area contributed by atoms with Crippen molar-refractivity contribution in [3.63, 3.8) is 0 Å². The maximum Gasteiger partial charge on any atom is 0.184 e. The van der Waals surface area contributed by atoms with E-state index in [4.69, 9.17) is 11.6 Å². The summed E-state index contributed by atoms with van der Waals surface area (Å²) in [5.41, 5.74) is 0.452. The molecule has 5 heteroatoms. The number of hydrogen-bond donors (Lipinski definition) is 0. The van der Waals surface area contributed by atoms with Gasteiger partial charge in [0.15, 0.2) is 5.78 Å². The van der Waals surface area contributed by atoms with Gasteiger partial charge in [-0.3, -0.25) is 9.48 Å². The molecule has 1 aromatic carbocycles. The van der Waals surface area contributed by atoms with Gasteiger partial charge in [-0.1, -0.05) is 11.6 Å². The number of hydrogen-bond acceptors (Lipinski definition) is 2. The lowest BCUT2D eigenvalue weighted by Gasteiger charge is -2.00. The van der Waals surface area contributed by atoms with Crippen LogP contribution in [0.4, 0.5) is 4.39 Å². The molecular formula is C11H8ClFN2O. The Morgan fingerprint density at radius 2 is 2.06 bits per heavy atom. The minimum absolute atomic E-state index is 0.0956. The number of aromatic nitrogens is 2. The Morgan fingerprint density at radius 3 is 2.62 bits per heavy atom. The van der Waals surface area contributed by atoms with Crippen molar-refractivity contribution < 1.29 is 9.18 Å². The van der Waals surface area contributed by atoms with Crippen LogP contribution in [0.3, 0.4) is 0 Å². The molecule has 82 valence electrons. The van der Waals surface area contributed by atoms with Crippen LogP contribution in [0.5, 0.6) is 0 Å². The molecule has 16 heavy (non-hydrogen) atoms. The first-order valence-electron chi connectivity index (χ1n) is 4.62. The van der Waals surface area contributed by atoms with Gasteiger partial charge in [-0.2, -0.15) is 5.10 Å². The lowest BCUT2D eigenvalue weighted by Crippen LogP contribution is -2.10. The molecule has 0 radical (unpaired) electrons. The predicted octanol–water partition coefficient (Wildman–Crippen LogP) is 2.56. The first-order chi connectivity index (χ1) is 7.65. The van der Waals surface area contributed by atoms with Crippen molar-refractivity contribution in [1.29, 1.82) is 0 Å². The Morgan fingerprint density at radius 1 is 1.38 bits per heavy atom. The number of ketones is 1. The van der Waals surface area contributed by atoms with E-state index >= 15 is 0 Å². The summed E-state index contributed by atoms with van der Waals surface area (Å²) in [6.45, 7) is 0.0956. The summed E-state index contributed by atoms with van der Waals surface area (Å²) in [4.78, 5) is 11.7. The van der Waals surface area contributed by atoms with E-state index in [1.165, 1.54) is 35.1 Å². The molecule has 0 N–H and O–H groups in total. The normalized spacial score (nSPS) is 10.4. The van der Waals surface area contributed by atoms with E-state index in [2.05, 4.69) is 5.10 Å². The van der Waals surface area contributed by atoms with Gasteiger partial charge in [0.25, 0.3) is 0 Å². The quantitative estimate of drug-likeness (QED) is 0.771. The van der Waals surface area contributed by atoms with Crippen LogP contribution in [0.15, 0.2) is 36.7 Å². The van der Waals surface area contributed by atoms with Crippen molar-refractivity contribution in [2.45, 2.75) is 6.54 Å². The highest BCUT2D eigenvalue weighted by atomic mass is 35.5. The van der Waals surface area contributed by atoms with Crippen molar-refractivity contribution in [3.05, 3.63) is 53.1 Å². The van der Waals surface area contributed by atoms with Crippen molar-refractivity contribution in [2.24, 2.45) is 0 Å². The summed E-state index contributed by atoms with van der Waals surface area (Å²) in [5.74, 6) is -0.501. The van der Waals surface area contributed by atoms with E-state index in [9.17, 15) is 9.18 Å². The third-order valence-electron chi connectivity index (χ3n) is 2.07. The molecule has 1 aromatic heterocycles. The SMILES string of the molecule is O=C(Cn1cc(Cl)cn1)c1ccc(F)cc1. The van der Waals surface area contributed by atoms with Gasteiger partial charge in [0.1, 0.15) is 12.4 Å². The monoisotopic (exact) mass is 238 g/mol. The molecule has 1 heterocycles. The summed E-state index contributed by atoms with van der Waals surface area (Å²) in [5, 5.41) is 4.37. The Hall–Kier alpha value is -1.68. The zero-order valence-electron chi connectivity index (χ0n) is 8.23. The summed E-state index contributed by atoms with van der Waals surface area (Å²) < 4.78 is 14.1. The molecule has 0 bridgehead atoms. The zero-order chi connectivity index (χ0) is 11.5. The summed E-state index contributed by atoms with van der Waals surface area (Å²) in [6.07, 6.45) is 3.02. The maximum absolute atomic E-state index is 12.6. The number of halogens is 2. The van der Waals surface area contributed by atoms with E-state index in [-0.39, 0.29) is 18.1 Å². The minimum Gasteiger partial charge on any atom is -0.292 e. The van der Waals surface area contributed by atoms with Gasteiger partial charge in [0.2, 0.25) is 0 Å². The largest absolute Gasteiger partial charge is 0.292 e. The standard InChI is InChI=1S/C11H8ClFN2O/c12-9-5-14-15(6-9)7-11(16)8-1-3-10(13)4-2-8/h1-6H,7H2. The number of nitrogens with zero attached hydrogens (tertiary/aromatic N) is 2. The highest BCUT2D eigenvalue weighted by molar-refractivity contribution is 6.30. The van der Waals surface area contributed by atoms with Gasteiger partial charge in [-0.05, 0) is 24.3 Å². The Kier molecular flexibility index (Phi) is 3.01. The minimum atomic E-state index is -0.362. The smallest absolute Gasteiger partial charge is 0.184 e. The van der Waals surface area contributed by atoms with E-state index in [1.807, 2.05) is 0 Å². The molecule has 2 aromatic rings. The van der Waals surface area contributed by atoms with Gasteiger partial charge in [0.05, 0.1) is 11.2 Å². The Balaban J connectivity index is 2.11. The molecule has 0 aliphatic carbocycles. The molecule has 3 nitrogen and oxygen atoms in total. The zero-order valence-corrected chi connectivity index (χ0v) is 8.99. The Bertz CT molecular complexity index is 507. The van der Waals surface area contributed by atoms with Crippen LogP contribution in [-0.2, 0) is 6.54 Å². The highest BCUT2D eigenvalue weighted by Gasteiger charge is 2.07. The third-order valence-corrected chi connectivity index (χ3v) is 2.27. The molecule has 0 fully saturated rings. The van der Waals surface area contributed by atoms with Crippen LogP contribution in [0.25, 0.3) is 0 Å². The van der Waals surface area contributed by atoms with Crippen LogP contribution in [0.1, 0.15) is 10.4 Å². The maximum atomic E-state index is 12.6. The molecule has 0 saturated heterocycles. The molecule has 0 aliphatic heterocycles. The highest BCUT2D eigenvalue weighted by Crippen LogP contribution is 2.08. The predicted molar refractivity (Wildman–Crippen MR) is 58.0 cm³/mol. The second kappa shape index (κ2) is 4.45. The number of carbonyl (C=O) groups is 1. The van der Waals surface area contributed by atoms with E-state index < -0.39 is 0 Å². The first kappa shape index (κ1) is 10.8. The van der Waals surface area contributed by atoms with Crippen LogP contribution in [0, 0.1) is 5.82 Å². The van der Waals surface area contributed by atoms with Crippen LogP contribution in [-0.4, -0.2) is 15.6 Å². The summed E-state index contributed by atoms with van der Waals surface area (Å²) in [7, 11) is 0. The molecular weight excluding hydrogens is 231 g/mol. The fraction of sp³-hybridized carbons (Fsp3) is 0.0909. The molecule has 0 aliphatic rings. The van der Waals surface area contributed by atoms with Crippen LogP contribution in [0.2, 0.25) is 5.02 Å². The third kappa shape index (κ3) is 2.46. The lowest BCUT2D eigenvalue weighted by atomic mass is 10.1. The van der Waals surface area contributed by atoms with Gasteiger partial charge < -0.3 is 0 Å². The average Bonchev–Trinajstić information content (AvgIpc) is 2.65. The molecule has 0 unspecified atom stereocenters. The van der Waals surface area contributed by atoms with E-state index in [0.717, 1.165) is 0 Å². The average molecular weight is 239 g/mol. The molecule has 0 atom stereocenters. The van der Waals surface area contributed by atoms with Gasteiger partial charge in [0, 0.05) is 11.8 Å². The number of benzene rings is 1. The molecule has 0 saturated carbocycles. The van der Waals surface area contributed by atoms with Crippen molar-refractivity contribution >= 4 is 17.4 Å². The number of rotatable bonds is 3. The van der Waals surface area contributed by atoms with Gasteiger partial charge in [-0.25, -0.2) is 4.39 Å². The van der Waals surface area contributed by atoms with Crippen LogP contribution < -0.4 is 0 Å². The Labute approximate surface area is 96.5 Å². The summed E-state index contributed by atoms with van der Waals surface area (Å²) >= 11 is 5.67. The van der Waals surface area contributed by atoms with Crippen molar-refractivity contribution in [2.75, 3.05) is 0 Å². The molecule has 0 amide bonds. The summed E-state index contributed by atoms with van der Waals surface area (Å²) in [6, 6.07) is 5.40. The number of Topliss-reactive ketones (excluding diaryl/α,β-unsaturated/α-hetero) is 1. The number of carbonyl (C=O) groups excluding carboxylic acids is 1. The van der Waals surface area contributed by atoms with Gasteiger partial charge in [-0.15, -0.1) is 0 Å². The lowest BCUT2D eigenvalue weighted by molar-refractivity contribution is 0.0967. The first-order valence-corrected chi connectivity index (χ1v) is 4.99. The van der Waals surface area contributed by atoms with E-state index in [1.54, 1.807) is 6.20 Å². The second-order valence-electron chi connectivity index (χ2n) is 3.29. The van der Waals surface area contributed by atoms with Gasteiger partial charge >= 0.3 is 0 Å². The fourth-order valence-electron chi connectivity index (χ4n) is 1.30. The second-order valence-corrected chi connectivity index (χ2v) is 3.72. The molecule has 0 spiro atoms. The molecule has 2 rings (SSSR count). The van der Waals surface area contributed by atoms with Crippen molar-refractivity contribution in [3.8, 4) is 0 Å². The van der Waals surface area contributed by atoms with Crippen molar-refractivity contribution in [1.82, 2.24) is 9.78 Å². The van der Waals surface area contributed by atoms with Crippen LogP contribution >= 0.6 is 11.6 Å².